The van der Waals surface area contributed by atoms with Gasteiger partial charge in [-0.15, -0.1) is 24.0 Å². The molecule has 0 unspecified atom stereocenters. The number of methoxy groups -OCH3 is 1. The van der Waals surface area contributed by atoms with Crippen molar-refractivity contribution in [2.45, 2.75) is 45.8 Å². The molecule has 0 aromatic carbocycles. The lowest BCUT2D eigenvalue weighted by atomic mass is 10.1. The van der Waals surface area contributed by atoms with Gasteiger partial charge in [0.1, 0.15) is 12.1 Å². The lowest BCUT2D eigenvalue weighted by Crippen LogP contribution is -2.47. The molecule has 0 radical (unpaired) electrons. The van der Waals surface area contributed by atoms with Gasteiger partial charge in [0.25, 0.3) is 0 Å². The number of nitrogens with one attached hydrogen (secondary N) is 2. The van der Waals surface area contributed by atoms with Gasteiger partial charge in [-0.3, -0.25) is 9.79 Å². The molecule has 0 heterocycles. The molecule has 0 aromatic heterocycles. The summed E-state index contributed by atoms with van der Waals surface area (Å²) in [5.74, 6) is 0.220. The van der Waals surface area contributed by atoms with Crippen LogP contribution in [-0.4, -0.2) is 50.4 Å². The van der Waals surface area contributed by atoms with E-state index in [1.54, 1.807) is 14.2 Å². The Morgan fingerprint density at radius 3 is 2.10 bits per heavy atom. The first-order chi connectivity index (χ1) is 8.59. The normalized spacial score (nSPS) is 12.4. The predicted octanol–water partition coefficient (Wildman–Crippen LogP) is 1.54. The third-order valence-corrected chi connectivity index (χ3v) is 2.28. The maximum absolute atomic E-state index is 11.5. The fourth-order valence-electron chi connectivity index (χ4n) is 1.12. The molecule has 0 fully saturated rings. The highest BCUT2D eigenvalue weighted by Gasteiger charge is 2.18. The van der Waals surface area contributed by atoms with Gasteiger partial charge >= 0.3 is 5.97 Å². The standard InChI is InChI=1S/C13H27N3O3.HI/c1-12(2,3)19-10(17)8-15-11(14-6)16-9-13(4,5)18-7;/h8-9H2,1-7H3,(H2,14,15,16);1H. The van der Waals surface area contributed by atoms with E-state index in [4.69, 9.17) is 9.47 Å². The quantitative estimate of drug-likeness (QED) is 0.317. The molecule has 0 saturated heterocycles. The molecule has 20 heavy (non-hydrogen) atoms. The topological polar surface area (TPSA) is 72.0 Å². The number of guanidine groups is 1. The molecule has 0 saturated carbocycles. The Hall–Kier alpha value is -0.570. The zero-order chi connectivity index (χ0) is 15.1. The van der Waals surface area contributed by atoms with Gasteiger partial charge in [0, 0.05) is 20.7 Å². The minimum absolute atomic E-state index is 0. The monoisotopic (exact) mass is 401 g/mol. The number of esters is 1. The first-order valence-corrected chi connectivity index (χ1v) is 6.31. The Morgan fingerprint density at radius 1 is 1.15 bits per heavy atom. The summed E-state index contributed by atoms with van der Waals surface area (Å²) < 4.78 is 10.5. The van der Waals surface area contributed by atoms with E-state index in [0.717, 1.165) is 0 Å². The Balaban J connectivity index is 0. The van der Waals surface area contributed by atoms with Crippen LogP contribution in [0.5, 0.6) is 0 Å². The van der Waals surface area contributed by atoms with Gasteiger partial charge in [0.05, 0.1) is 5.60 Å². The SMILES string of the molecule is CN=C(NCC(=O)OC(C)(C)C)NCC(C)(C)OC.I. The number of hydrogen-bond acceptors (Lipinski definition) is 4. The highest BCUT2D eigenvalue weighted by Crippen LogP contribution is 2.06. The number of aliphatic imine (C=N–C) groups is 1. The minimum Gasteiger partial charge on any atom is -0.459 e. The first kappa shape index (κ1) is 21.7. The van der Waals surface area contributed by atoms with E-state index in [1.165, 1.54) is 0 Å². The number of rotatable bonds is 5. The summed E-state index contributed by atoms with van der Waals surface area (Å²) in [5.41, 5.74) is -0.780. The molecular formula is C13H28IN3O3. The molecule has 0 atom stereocenters. The maximum Gasteiger partial charge on any atom is 0.325 e. The lowest BCUT2D eigenvalue weighted by molar-refractivity contribution is -0.153. The summed E-state index contributed by atoms with van der Waals surface area (Å²) in [6.45, 7) is 10.1. The third kappa shape index (κ3) is 11.3. The molecular weight excluding hydrogens is 373 g/mol. The van der Waals surface area contributed by atoms with Gasteiger partial charge in [0.15, 0.2) is 5.96 Å². The second-order valence-electron chi connectivity index (χ2n) is 5.83. The Bertz CT molecular complexity index is 325. The minimum atomic E-state index is -0.478. The summed E-state index contributed by atoms with van der Waals surface area (Å²) in [4.78, 5) is 15.6. The molecule has 7 heteroatoms. The lowest BCUT2D eigenvalue weighted by Gasteiger charge is -2.24. The highest BCUT2D eigenvalue weighted by atomic mass is 127. The van der Waals surface area contributed by atoms with E-state index in [0.29, 0.717) is 12.5 Å². The molecule has 6 nitrogen and oxygen atoms in total. The molecule has 2 N–H and O–H groups in total. The van der Waals surface area contributed by atoms with Crippen molar-refractivity contribution in [3.05, 3.63) is 0 Å². The number of carbonyl (C=O) groups excluding carboxylic acids is 1. The smallest absolute Gasteiger partial charge is 0.325 e. The second kappa shape index (κ2) is 9.38. The fourth-order valence-corrected chi connectivity index (χ4v) is 1.12. The van der Waals surface area contributed by atoms with Crippen molar-refractivity contribution in [3.8, 4) is 0 Å². The summed E-state index contributed by atoms with van der Waals surface area (Å²) in [6.07, 6.45) is 0. The van der Waals surface area contributed by atoms with Crippen molar-refractivity contribution < 1.29 is 14.3 Å². The van der Waals surface area contributed by atoms with Crippen LogP contribution in [0.3, 0.4) is 0 Å². The molecule has 0 bridgehead atoms. The summed E-state index contributed by atoms with van der Waals surface area (Å²) >= 11 is 0. The van der Waals surface area contributed by atoms with Crippen LogP contribution in [0, 0.1) is 0 Å². The Labute approximate surface area is 139 Å². The van der Waals surface area contributed by atoms with Crippen LogP contribution in [-0.2, 0) is 14.3 Å². The number of hydrogen-bond donors (Lipinski definition) is 2. The first-order valence-electron chi connectivity index (χ1n) is 6.31. The van der Waals surface area contributed by atoms with E-state index in [-0.39, 0.29) is 42.1 Å². The highest BCUT2D eigenvalue weighted by molar-refractivity contribution is 14.0. The molecule has 0 aliphatic heterocycles. The zero-order valence-corrected chi connectivity index (χ0v) is 15.8. The molecule has 0 aliphatic carbocycles. The van der Waals surface area contributed by atoms with Gasteiger partial charge in [-0.05, 0) is 34.6 Å². The molecule has 0 spiro atoms. The van der Waals surface area contributed by atoms with Gasteiger partial charge in [0.2, 0.25) is 0 Å². The maximum atomic E-state index is 11.5. The largest absolute Gasteiger partial charge is 0.459 e. The molecule has 120 valence electrons. The molecule has 0 aromatic rings. The average molecular weight is 401 g/mol. The van der Waals surface area contributed by atoms with Gasteiger partial charge < -0.3 is 20.1 Å². The van der Waals surface area contributed by atoms with Crippen LogP contribution >= 0.6 is 24.0 Å². The summed E-state index contributed by atoms with van der Waals surface area (Å²) in [6, 6.07) is 0. The van der Waals surface area contributed by atoms with E-state index >= 15 is 0 Å². The third-order valence-electron chi connectivity index (χ3n) is 2.28. The van der Waals surface area contributed by atoms with Crippen molar-refractivity contribution in [3.63, 3.8) is 0 Å². The van der Waals surface area contributed by atoms with Gasteiger partial charge in [-0.2, -0.15) is 0 Å². The van der Waals surface area contributed by atoms with Crippen molar-refractivity contribution >= 4 is 35.9 Å². The molecule has 0 amide bonds. The van der Waals surface area contributed by atoms with E-state index in [2.05, 4.69) is 15.6 Å². The van der Waals surface area contributed by atoms with Crippen LogP contribution in [0.4, 0.5) is 0 Å². The van der Waals surface area contributed by atoms with Crippen molar-refractivity contribution in [2.75, 3.05) is 27.2 Å². The van der Waals surface area contributed by atoms with E-state index < -0.39 is 5.60 Å². The second-order valence-corrected chi connectivity index (χ2v) is 5.83. The van der Waals surface area contributed by atoms with Gasteiger partial charge in [-0.1, -0.05) is 0 Å². The molecule has 0 aliphatic rings. The fraction of sp³-hybridized carbons (Fsp3) is 0.846. The number of ether oxygens (including phenoxy) is 2. The van der Waals surface area contributed by atoms with Crippen LogP contribution in [0.1, 0.15) is 34.6 Å². The van der Waals surface area contributed by atoms with Crippen LogP contribution in [0.15, 0.2) is 4.99 Å². The van der Waals surface area contributed by atoms with E-state index in [9.17, 15) is 4.79 Å². The zero-order valence-electron chi connectivity index (χ0n) is 13.5. The van der Waals surface area contributed by atoms with Crippen LogP contribution in [0.2, 0.25) is 0 Å². The van der Waals surface area contributed by atoms with E-state index in [1.807, 2.05) is 34.6 Å². The predicted molar refractivity (Wildman–Crippen MR) is 91.7 cm³/mol. The number of carbonyl (C=O) groups is 1. The van der Waals surface area contributed by atoms with Crippen molar-refractivity contribution in [1.82, 2.24) is 10.6 Å². The van der Waals surface area contributed by atoms with Crippen LogP contribution in [0.25, 0.3) is 0 Å². The Kier molecular flexibility index (Phi) is 10.2. The number of halogens is 1. The van der Waals surface area contributed by atoms with Crippen molar-refractivity contribution in [2.24, 2.45) is 4.99 Å². The van der Waals surface area contributed by atoms with Crippen LogP contribution < -0.4 is 10.6 Å². The average Bonchev–Trinajstić information content (AvgIpc) is 2.27. The number of nitrogens with zero attached hydrogens (tertiary/aromatic N) is 1. The summed E-state index contributed by atoms with van der Waals surface area (Å²) in [7, 11) is 3.29. The molecule has 0 rings (SSSR count). The Morgan fingerprint density at radius 2 is 1.70 bits per heavy atom. The summed E-state index contributed by atoms with van der Waals surface area (Å²) in [5, 5.41) is 5.98. The van der Waals surface area contributed by atoms with Crippen molar-refractivity contribution in [1.29, 1.82) is 0 Å². The van der Waals surface area contributed by atoms with Gasteiger partial charge in [-0.25, -0.2) is 0 Å².